The van der Waals surface area contributed by atoms with Gasteiger partial charge in [0.05, 0.1) is 0 Å². The van der Waals surface area contributed by atoms with Crippen molar-refractivity contribution in [1.82, 2.24) is 0 Å². The van der Waals surface area contributed by atoms with Gasteiger partial charge in [-0.25, -0.2) is 0 Å². The molecule has 1 aliphatic rings. The second-order valence-corrected chi connectivity index (χ2v) is 9.98. The minimum atomic E-state index is -2.89. The van der Waals surface area contributed by atoms with Crippen LogP contribution in [0.25, 0.3) is 0 Å². The van der Waals surface area contributed by atoms with Crippen LogP contribution in [0.2, 0.25) is 0 Å². The second kappa shape index (κ2) is 13.3. The first-order valence-corrected chi connectivity index (χ1v) is 12.0. The molecule has 0 aliphatic heterocycles. The lowest BCUT2D eigenvalue weighted by atomic mass is 9.83. The van der Waals surface area contributed by atoms with Crippen molar-refractivity contribution in [3.05, 3.63) is 12.2 Å². The smallest absolute Gasteiger partial charge is 0.303 e. The van der Waals surface area contributed by atoms with E-state index in [4.69, 9.17) is 0 Å². The molecule has 180 valence electrons. The number of ketones is 1. The normalized spacial score (nSPS) is 20.9. The van der Waals surface area contributed by atoms with Crippen LogP contribution in [0.5, 0.6) is 0 Å². The fourth-order valence-corrected chi connectivity index (χ4v) is 4.40. The third-order valence-corrected chi connectivity index (χ3v) is 6.56. The van der Waals surface area contributed by atoms with Gasteiger partial charge in [-0.05, 0) is 55.8 Å². The summed E-state index contributed by atoms with van der Waals surface area (Å²) >= 11 is 0. The average molecular weight is 441 g/mol. The lowest BCUT2D eigenvalue weighted by Gasteiger charge is -2.26. The lowest BCUT2D eigenvalue weighted by molar-refractivity contribution is -0.223. The summed E-state index contributed by atoms with van der Waals surface area (Å²) in [4.78, 5) is 22.5. The number of Topliss-reactive ketones (excluding diaryl/α,β-unsaturated/α-hetero) is 1. The Kier molecular flexibility index (Phi) is 12.0. The quantitative estimate of drug-likeness (QED) is 0.152. The minimum absolute atomic E-state index is 0.109. The van der Waals surface area contributed by atoms with Crippen LogP contribution < -0.4 is 0 Å². The molecule has 0 bridgehead atoms. The van der Waals surface area contributed by atoms with E-state index in [1.54, 1.807) is 0 Å². The Morgan fingerprint density at radius 2 is 1.87 bits per heavy atom. The predicted octanol–water partition coefficient (Wildman–Crippen LogP) is 4.30. The van der Waals surface area contributed by atoms with E-state index < -0.39 is 30.3 Å². The SMILES string of the molecule is CCCCC(C)(C)CC=C[C@H]1CCC[C@@H]1CCCCC(O)C(O)(O)C(=O)COC(C)=O. The summed E-state index contributed by atoms with van der Waals surface area (Å²) in [7, 11) is 0. The lowest BCUT2D eigenvalue weighted by Crippen LogP contribution is -2.51. The molecule has 0 saturated heterocycles. The number of aliphatic hydroxyl groups is 3. The number of allylic oxidation sites excluding steroid dienone is 2. The Labute approximate surface area is 188 Å². The second-order valence-electron chi connectivity index (χ2n) is 9.98. The minimum Gasteiger partial charge on any atom is -0.458 e. The summed E-state index contributed by atoms with van der Waals surface area (Å²) in [6.07, 6.45) is 14.3. The molecule has 0 spiro atoms. The molecule has 0 aromatic rings. The predicted molar refractivity (Wildman–Crippen MR) is 121 cm³/mol. The Morgan fingerprint density at radius 1 is 1.16 bits per heavy atom. The Morgan fingerprint density at radius 3 is 2.52 bits per heavy atom. The van der Waals surface area contributed by atoms with Gasteiger partial charge >= 0.3 is 5.97 Å². The van der Waals surface area contributed by atoms with E-state index in [0.29, 0.717) is 23.7 Å². The molecular formula is C25H44O6. The molecule has 0 radical (unpaired) electrons. The molecule has 3 N–H and O–H groups in total. The first-order chi connectivity index (χ1) is 14.5. The van der Waals surface area contributed by atoms with Gasteiger partial charge in [0.2, 0.25) is 5.78 Å². The number of aliphatic hydroxyl groups excluding tert-OH is 1. The van der Waals surface area contributed by atoms with E-state index in [9.17, 15) is 24.9 Å². The van der Waals surface area contributed by atoms with Crippen LogP contribution in [0.1, 0.15) is 98.3 Å². The first kappa shape index (κ1) is 27.8. The van der Waals surface area contributed by atoms with Gasteiger partial charge in [0.1, 0.15) is 6.10 Å². The first-order valence-electron chi connectivity index (χ1n) is 12.0. The number of hydrogen-bond acceptors (Lipinski definition) is 6. The number of carbonyl (C=O) groups excluding carboxylic acids is 2. The molecule has 1 aliphatic carbocycles. The monoisotopic (exact) mass is 440 g/mol. The van der Waals surface area contributed by atoms with E-state index in [0.717, 1.165) is 26.2 Å². The van der Waals surface area contributed by atoms with Crippen molar-refractivity contribution < 1.29 is 29.6 Å². The molecule has 6 heteroatoms. The topological polar surface area (TPSA) is 104 Å². The molecule has 0 heterocycles. The van der Waals surface area contributed by atoms with Gasteiger partial charge in [0.25, 0.3) is 5.79 Å². The number of esters is 1. The molecule has 1 unspecified atom stereocenters. The van der Waals surface area contributed by atoms with Crippen molar-refractivity contribution in [3.63, 3.8) is 0 Å². The van der Waals surface area contributed by atoms with Crippen LogP contribution in [0, 0.1) is 17.3 Å². The van der Waals surface area contributed by atoms with Gasteiger partial charge in [-0.1, -0.05) is 65.0 Å². The molecule has 3 atom stereocenters. The Bertz CT molecular complexity index is 581. The van der Waals surface area contributed by atoms with Crippen molar-refractivity contribution in [2.45, 2.75) is 110 Å². The van der Waals surface area contributed by atoms with Crippen molar-refractivity contribution in [2.75, 3.05) is 6.61 Å². The molecule has 6 nitrogen and oxygen atoms in total. The molecule has 0 aromatic heterocycles. The summed E-state index contributed by atoms with van der Waals surface area (Å²) in [5, 5.41) is 29.8. The summed E-state index contributed by atoms with van der Waals surface area (Å²) in [5.41, 5.74) is 0.352. The van der Waals surface area contributed by atoms with Gasteiger partial charge in [0, 0.05) is 6.92 Å². The molecular weight excluding hydrogens is 396 g/mol. The standard InChI is InChI=1S/C25H44O6/c1-5-6-16-24(3,4)17-10-14-21-13-9-12-20(21)11-7-8-15-22(27)25(29,30)23(28)18-31-19(2)26/h10,14,20-22,27,29-30H,5-9,11-13,15-18H2,1-4H3/t20-,21+,22?/m0/s1. The third-order valence-electron chi connectivity index (χ3n) is 6.56. The molecule has 1 saturated carbocycles. The van der Waals surface area contributed by atoms with E-state index in [1.807, 2.05) is 0 Å². The van der Waals surface area contributed by atoms with Gasteiger partial charge in [-0.2, -0.15) is 0 Å². The molecule has 1 fully saturated rings. The Balaban J connectivity index is 2.38. The van der Waals surface area contributed by atoms with Gasteiger partial charge in [-0.15, -0.1) is 0 Å². The van der Waals surface area contributed by atoms with Crippen molar-refractivity contribution in [3.8, 4) is 0 Å². The van der Waals surface area contributed by atoms with E-state index >= 15 is 0 Å². The van der Waals surface area contributed by atoms with Crippen LogP contribution in [0.4, 0.5) is 0 Å². The van der Waals surface area contributed by atoms with Crippen molar-refractivity contribution >= 4 is 11.8 Å². The maximum absolute atomic E-state index is 11.8. The maximum Gasteiger partial charge on any atom is 0.303 e. The van der Waals surface area contributed by atoms with Crippen LogP contribution >= 0.6 is 0 Å². The zero-order valence-electron chi connectivity index (χ0n) is 19.9. The van der Waals surface area contributed by atoms with Gasteiger partial charge in [0.15, 0.2) is 6.61 Å². The number of ether oxygens (including phenoxy) is 1. The highest BCUT2D eigenvalue weighted by Gasteiger charge is 2.41. The van der Waals surface area contributed by atoms with E-state index in [2.05, 4.69) is 37.7 Å². The largest absolute Gasteiger partial charge is 0.458 e. The highest BCUT2D eigenvalue weighted by Crippen LogP contribution is 2.37. The third kappa shape index (κ3) is 10.3. The summed E-state index contributed by atoms with van der Waals surface area (Å²) < 4.78 is 4.49. The summed E-state index contributed by atoms with van der Waals surface area (Å²) in [6, 6.07) is 0. The maximum atomic E-state index is 11.8. The van der Waals surface area contributed by atoms with Crippen LogP contribution in [0.15, 0.2) is 12.2 Å². The summed E-state index contributed by atoms with van der Waals surface area (Å²) in [6.45, 7) is 7.27. The van der Waals surface area contributed by atoms with Crippen molar-refractivity contribution in [1.29, 1.82) is 0 Å². The number of hydrogen-bond donors (Lipinski definition) is 3. The zero-order valence-corrected chi connectivity index (χ0v) is 19.9. The van der Waals surface area contributed by atoms with Crippen LogP contribution in [-0.2, 0) is 14.3 Å². The highest BCUT2D eigenvalue weighted by atomic mass is 16.6. The highest BCUT2D eigenvalue weighted by molar-refractivity contribution is 5.88. The Hall–Kier alpha value is -1.24. The average Bonchev–Trinajstić information content (AvgIpc) is 3.14. The van der Waals surface area contributed by atoms with Crippen molar-refractivity contribution in [2.24, 2.45) is 17.3 Å². The molecule has 31 heavy (non-hydrogen) atoms. The molecule has 1 rings (SSSR count). The molecule has 0 aromatic carbocycles. The van der Waals surface area contributed by atoms with Crippen LogP contribution in [0.3, 0.4) is 0 Å². The van der Waals surface area contributed by atoms with Crippen LogP contribution in [-0.4, -0.2) is 45.6 Å². The van der Waals surface area contributed by atoms with Gasteiger partial charge in [-0.3, -0.25) is 9.59 Å². The summed E-state index contributed by atoms with van der Waals surface area (Å²) in [5.74, 6) is -3.46. The molecule has 0 amide bonds. The number of rotatable bonds is 15. The van der Waals surface area contributed by atoms with E-state index in [1.165, 1.54) is 38.5 Å². The fraction of sp³-hybridized carbons (Fsp3) is 0.840. The van der Waals surface area contributed by atoms with E-state index in [-0.39, 0.29) is 6.42 Å². The zero-order chi connectivity index (χ0) is 23.5. The van der Waals surface area contributed by atoms with Gasteiger partial charge < -0.3 is 20.1 Å². The number of carbonyl (C=O) groups is 2. The number of unbranched alkanes of at least 4 members (excludes halogenated alkanes) is 2. The fourth-order valence-electron chi connectivity index (χ4n) is 4.40.